The summed E-state index contributed by atoms with van der Waals surface area (Å²) in [6, 6.07) is 3.52. The molecule has 1 unspecified atom stereocenters. The molecule has 10 heterocycles. The predicted octanol–water partition coefficient (Wildman–Crippen LogP) is 0.519. The first-order valence-corrected chi connectivity index (χ1v) is 42.8. The van der Waals surface area contributed by atoms with E-state index in [-0.39, 0.29) is 88.2 Å². The van der Waals surface area contributed by atoms with E-state index < -0.39 is 234 Å². The van der Waals surface area contributed by atoms with E-state index >= 15 is 28.8 Å². The number of aromatic hydroxyl groups is 3. The number of nitrogens with one attached hydrogen (secondary N) is 8. The quantitative estimate of drug-likeness (QED) is 0.0472. The average molecular weight is 1780 g/mol. The number of aliphatic hydroxyl groups is 6. The summed E-state index contributed by atoms with van der Waals surface area (Å²) in [5, 5.41) is 126. The normalized spacial score (nSPS) is 32.0. The number of hydrogen-bond donors (Lipinski definition) is 20. The van der Waals surface area contributed by atoms with Crippen LogP contribution in [0.4, 0.5) is 0 Å². The third-order valence-corrected chi connectivity index (χ3v) is 24.9. The Balaban J connectivity index is 1.01. The molecule has 23 atom stereocenters. The lowest BCUT2D eigenvalue weighted by atomic mass is 9.86. The van der Waals surface area contributed by atoms with E-state index in [0.29, 0.717) is 25.7 Å². The highest BCUT2D eigenvalue weighted by Crippen LogP contribution is 2.50. The van der Waals surface area contributed by atoms with Crippen LogP contribution in [0.15, 0.2) is 84.9 Å². The molecule has 11 bridgehead atoms. The maximum Gasteiger partial charge on any atom is 0.249 e. The largest absolute Gasteiger partial charge is 0.508 e. The van der Waals surface area contributed by atoms with Gasteiger partial charge in [-0.1, -0.05) is 56.1 Å². The number of ether oxygens (including phenoxy) is 8. The summed E-state index contributed by atoms with van der Waals surface area (Å²) in [6.45, 7) is 14.3. The molecule has 0 saturated carbocycles. The van der Waals surface area contributed by atoms with Gasteiger partial charge >= 0.3 is 0 Å². The Kier molecular flexibility index (Phi) is 29.4. The highest BCUT2D eigenvalue weighted by Gasteiger charge is 2.53. The van der Waals surface area contributed by atoms with Crippen molar-refractivity contribution in [2.24, 2.45) is 23.1 Å². The van der Waals surface area contributed by atoms with Crippen LogP contribution in [-0.4, -0.2) is 276 Å². The van der Waals surface area contributed by atoms with Gasteiger partial charge in [-0.05, 0) is 169 Å². The maximum atomic E-state index is 16.7. The number of phenols is 3. The number of likely N-dealkylation sites (N-methyl/N-ethyl adjacent to an activating group) is 1. The van der Waals surface area contributed by atoms with E-state index in [0.717, 1.165) is 62.7 Å². The number of carbonyl (C=O) groups excluding carboxylic acids is 8. The van der Waals surface area contributed by atoms with Crippen molar-refractivity contribution in [1.29, 1.82) is 0 Å². The van der Waals surface area contributed by atoms with Gasteiger partial charge in [0.25, 0.3) is 0 Å². The first kappa shape index (κ1) is 93.9. The Hall–Kier alpha value is -9.73. The zero-order valence-corrected chi connectivity index (χ0v) is 71.9. The maximum absolute atomic E-state index is 16.7. The molecule has 0 radical (unpaired) electrons. The van der Waals surface area contributed by atoms with Crippen LogP contribution < -0.4 is 74.1 Å². The third kappa shape index (κ3) is 21.0. The van der Waals surface area contributed by atoms with Crippen molar-refractivity contribution in [3.63, 3.8) is 0 Å². The smallest absolute Gasteiger partial charge is 0.249 e. The van der Waals surface area contributed by atoms with Gasteiger partial charge in [0.1, 0.15) is 95.5 Å². The number of hydrazine groups is 1. The van der Waals surface area contributed by atoms with Crippen molar-refractivity contribution in [1.82, 2.24) is 57.5 Å². The van der Waals surface area contributed by atoms with Gasteiger partial charge in [0.2, 0.25) is 59.3 Å². The number of benzene rings is 5. The topological polar surface area (TPSA) is 576 Å². The molecular weight excluding hydrogens is 1660 g/mol. The number of nitrogens with zero attached hydrogens (tertiary/aromatic N) is 3. The van der Waals surface area contributed by atoms with Crippen LogP contribution in [0.3, 0.4) is 0 Å². The molecule has 10 aliphatic heterocycles. The number of fused-ring (bicyclic) bond motifs is 15. The zero-order chi connectivity index (χ0) is 90.8. The van der Waals surface area contributed by atoms with Crippen LogP contribution >= 0.6 is 11.6 Å². The SMILES string of the molecule is CN[C@H](CC(C)C)C(=O)N[C@H]1C(=O)N[C@@H](CC(N)=O)C(=O)N[C@H]2C(=O)N[C@H]3C(=O)N[C@H](C(=O)N[C@H](C(=O)N4CCN(NCCCN5CCCCC5C)CC4)c4cc(O)cc(O)c4-c4cc3ccc4O)[C@H](O[C@H]3C[C@](C)(N)[C@@H](O)[C@H](C)O3)c3ccc(cc3)Oc3cc2cc(c3O[C@@H]2O[C@H](CO)[C@@H](O)[C@H](O)[C@H]2O[C@H]2C[C@](C)(N)[C@@H](O)[C@H](C)O2)Oc2ccc(cc2Cl)[C@H]1O. The molecule has 686 valence electrons. The molecule has 0 spiro atoms. The lowest BCUT2D eigenvalue weighted by molar-refractivity contribution is -0.333. The number of rotatable bonds is 20. The van der Waals surface area contributed by atoms with Gasteiger partial charge in [-0.2, -0.15) is 0 Å². The lowest BCUT2D eigenvalue weighted by Gasteiger charge is -2.47. The Morgan fingerprint density at radius 3 is 1.94 bits per heavy atom. The summed E-state index contributed by atoms with van der Waals surface area (Å²) < 4.78 is 52.6. The van der Waals surface area contributed by atoms with E-state index in [1.165, 1.54) is 101 Å². The number of primary amides is 1. The molecule has 39 nitrogen and oxygen atoms in total. The van der Waals surface area contributed by atoms with Gasteiger partial charge < -0.3 is 148 Å². The number of halogens is 1. The molecule has 5 fully saturated rings. The van der Waals surface area contributed by atoms with Gasteiger partial charge in [0.05, 0.1) is 48.5 Å². The summed E-state index contributed by atoms with van der Waals surface area (Å²) in [5.41, 5.74) is 18.1. The minimum atomic E-state index is -2.33. The Morgan fingerprint density at radius 2 is 1.31 bits per heavy atom. The van der Waals surface area contributed by atoms with Crippen LogP contribution in [0.2, 0.25) is 5.02 Å². The number of aliphatic hydroxyl groups excluding tert-OH is 6. The number of hydrogen-bond acceptors (Lipinski definition) is 31. The van der Waals surface area contributed by atoms with Crippen LogP contribution in [0, 0.1) is 5.92 Å². The van der Waals surface area contributed by atoms with E-state index in [1.807, 2.05) is 18.9 Å². The minimum Gasteiger partial charge on any atom is -0.508 e. The minimum absolute atomic E-state index is 0.0229. The number of carbonyl (C=O) groups is 8. The molecule has 8 amide bonds. The number of phenolic OH excluding ortho intramolecular Hbond substituents is 3. The molecule has 5 saturated heterocycles. The standard InChI is InChI=1S/C86H115ClN14O25/c1-39(2)28-52(91-8)77(112)97-67-69(107)45-16-20-56(51(87)30-45)122-58-32-46-31-57(73(58)126-84-74(71(109)70(108)59(38-102)123-84)125-62-37-86(7,90)76(111)42(5)120-62)121-48-17-13-43(14-18-48)72(124-61-36-85(6,89)75(110)41(4)119-61)68-82(117)96-66(83(118)100-24-26-101(27-25-100)92-21-11-23-99-22-10-9-12-40(99)3)50-33-47(103)34-55(105)63(50)49-29-44(15-19-54(49)104)64(79(114)98-68)95-80(115)65(46)94-78(113)53(35-60(88)106)93-81(67)116/h13-20,29-34,39-42,52-53,59,61-62,64-72,74-76,84,91-92,102-105,107-111H,9-12,21-28,35-38,89-90H2,1-8H3,(H2,88,106)(H,93,116)(H,94,113)(H,95,115)(H,96,117)(H,97,112)(H,98,114)/t40?,41-,42-,52+,53-,59+,61-,62-,64+,65+,66-,67+,68-,69+,70+,71-,72+,74+,75-,76-,84-,85-,86-/m0/s1. The first-order chi connectivity index (χ1) is 59.8. The molecule has 126 heavy (non-hydrogen) atoms. The third-order valence-electron chi connectivity index (χ3n) is 24.6. The molecular formula is C86H115ClN14O25. The van der Waals surface area contributed by atoms with Gasteiger partial charge in [-0.3, -0.25) is 43.8 Å². The molecule has 10 aliphatic rings. The fourth-order valence-corrected chi connectivity index (χ4v) is 17.7. The van der Waals surface area contributed by atoms with Crippen LogP contribution in [-0.2, 0) is 62.0 Å². The number of nitrogens with two attached hydrogens (primary N) is 3. The highest BCUT2D eigenvalue weighted by molar-refractivity contribution is 6.32. The van der Waals surface area contributed by atoms with Crippen LogP contribution in [0.1, 0.15) is 158 Å². The molecule has 15 rings (SSSR count). The summed E-state index contributed by atoms with van der Waals surface area (Å²) in [7, 11) is 1.49. The van der Waals surface area contributed by atoms with E-state index in [1.54, 1.807) is 0 Å². The monoisotopic (exact) mass is 1780 g/mol. The van der Waals surface area contributed by atoms with Gasteiger partial charge in [-0.15, -0.1) is 0 Å². The van der Waals surface area contributed by atoms with E-state index in [4.69, 9.17) is 66.7 Å². The number of amides is 8. The summed E-state index contributed by atoms with van der Waals surface area (Å²) in [6.07, 6.45) is -17.9. The van der Waals surface area contributed by atoms with E-state index in [2.05, 4.69) is 54.5 Å². The van der Waals surface area contributed by atoms with Crippen molar-refractivity contribution in [3.05, 3.63) is 118 Å². The second-order valence-corrected chi connectivity index (χ2v) is 35.2. The second kappa shape index (κ2) is 39.5. The van der Waals surface area contributed by atoms with Gasteiger partial charge in [0, 0.05) is 79.9 Å². The predicted molar refractivity (Wildman–Crippen MR) is 449 cm³/mol. The highest BCUT2D eigenvalue weighted by atomic mass is 35.5. The summed E-state index contributed by atoms with van der Waals surface area (Å²) in [5.74, 6) is -13.7. The van der Waals surface area contributed by atoms with Crippen molar-refractivity contribution >= 4 is 58.9 Å². The van der Waals surface area contributed by atoms with Crippen LogP contribution in [0.5, 0.6) is 46.0 Å². The number of piperidine rings is 1. The average Bonchev–Trinajstić information content (AvgIpc) is 0.750. The van der Waals surface area contributed by atoms with Crippen molar-refractivity contribution < 1.29 is 122 Å². The van der Waals surface area contributed by atoms with Crippen molar-refractivity contribution in [2.45, 2.75) is 239 Å². The second-order valence-electron chi connectivity index (χ2n) is 34.7. The fourth-order valence-electron chi connectivity index (χ4n) is 17.5. The van der Waals surface area contributed by atoms with Crippen molar-refractivity contribution in [2.75, 3.05) is 59.5 Å². The lowest BCUT2D eigenvalue weighted by Crippen LogP contribution is -2.64. The number of likely N-dealkylation sites (tertiary alicyclic amines) is 1. The fraction of sp³-hybridized carbons (Fsp3) is 0.558. The van der Waals surface area contributed by atoms with Gasteiger partial charge in [0.15, 0.2) is 30.2 Å². The van der Waals surface area contributed by atoms with Gasteiger partial charge in [-0.25, -0.2) is 5.01 Å². The summed E-state index contributed by atoms with van der Waals surface area (Å²) in [4.78, 5) is 128. The number of piperazine rings is 1. The zero-order valence-electron chi connectivity index (χ0n) is 71.1. The Morgan fingerprint density at radius 1 is 0.675 bits per heavy atom. The molecule has 0 aromatic heterocycles. The molecule has 40 heteroatoms. The molecule has 0 aliphatic carbocycles. The van der Waals surface area contributed by atoms with Crippen molar-refractivity contribution in [3.8, 4) is 57.1 Å². The Bertz CT molecular complexity index is 4820. The molecule has 23 N–H and O–H groups in total. The first-order valence-electron chi connectivity index (χ1n) is 42.4. The Labute approximate surface area is 731 Å². The molecule has 5 aromatic carbocycles. The van der Waals surface area contributed by atoms with E-state index in [9.17, 15) is 55.5 Å². The van der Waals surface area contributed by atoms with Crippen LogP contribution in [0.25, 0.3) is 11.1 Å². The summed E-state index contributed by atoms with van der Waals surface area (Å²) >= 11 is 7.21. The molecule has 5 aromatic rings.